The minimum absolute atomic E-state index is 0. The Morgan fingerprint density at radius 1 is 1.26 bits per heavy atom. The molecule has 0 aliphatic rings. The molecule has 12 heteroatoms. The number of unbranched alkanes of at least 4 members (excludes halogenated alkanes) is 1. The summed E-state index contributed by atoms with van der Waals surface area (Å²) in [5, 5.41) is 8.80. The molecule has 0 spiro atoms. The van der Waals surface area contributed by atoms with Crippen LogP contribution in [-0.4, -0.2) is 61.3 Å². The summed E-state index contributed by atoms with van der Waals surface area (Å²) in [6.45, 7) is 9.15. The summed E-state index contributed by atoms with van der Waals surface area (Å²) in [6, 6.07) is -0.137. The fourth-order valence-electron chi connectivity index (χ4n) is 2.60. The topological polar surface area (TPSA) is 130 Å². The van der Waals surface area contributed by atoms with E-state index in [1.165, 1.54) is 0 Å². The molecule has 31 heavy (non-hydrogen) atoms. The molecular formula is C19H41BN4O4PSY-. The van der Waals surface area contributed by atoms with Crippen LogP contribution in [0.1, 0.15) is 52.9 Å². The first-order valence-electron chi connectivity index (χ1n) is 10.4. The van der Waals surface area contributed by atoms with Crippen molar-refractivity contribution in [1.29, 1.82) is 0 Å². The van der Waals surface area contributed by atoms with Crippen LogP contribution in [0.3, 0.4) is 0 Å². The van der Waals surface area contributed by atoms with Gasteiger partial charge in [-0.05, 0) is 51.6 Å². The number of hydrogen-bond donors (Lipinski definition) is 3. The Bertz CT molecular complexity index is 496. The Hall–Kier alpha value is 0.439. The third kappa shape index (κ3) is 22.0. The molecule has 1 unspecified atom stereocenters. The van der Waals surface area contributed by atoms with E-state index in [4.69, 9.17) is 4.65 Å². The molecule has 0 aliphatic carbocycles. The zero-order chi connectivity index (χ0) is 22.1. The molecule has 0 aliphatic heterocycles. The molecule has 8 nitrogen and oxygen atoms in total. The van der Waals surface area contributed by atoms with Crippen LogP contribution < -0.4 is 15.7 Å². The van der Waals surface area contributed by atoms with Crippen molar-refractivity contribution in [1.82, 2.24) is 15.7 Å². The molecule has 0 saturated carbocycles. The van der Waals surface area contributed by atoms with Gasteiger partial charge >= 0.3 is 0 Å². The Morgan fingerprint density at radius 3 is 2.52 bits per heavy atom. The molecule has 0 fully saturated rings. The van der Waals surface area contributed by atoms with Crippen LogP contribution in [0.15, 0.2) is 0 Å². The van der Waals surface area contributed by atoms with Crippen molar-refractivity contribution in [2.75, 3.05) is 24.7 Å². The normalized spacial score (nSPS) is 11.5. The monoisotopic (exact) mass is 552 g/mol. The van der Waals surface area contributed by atoms with Crippen LogP contribution in [-0.2, 0) is 51.7 Å². The number of thioether (sulfide) groups is 1. The van der Waals surface area contributed by atoms with Crippen molar-refractivity contribution < 1.29 is 51.7 Å². The number of nitrogens with one attached hydrogen (secondary N) is 3. The number of aldehydes is 1. The van der Waals surface area contributed by atoms with E-state index >= 15 is 0 Å². The Morgan fingerprint density at radius 2 is 1.94 bits per heavy atom. The molecule has 2 amide bonds. The molecule has 2 atom stereocenters. The molecule has 0 aromatic rings. The summed E-state index contributed by atoms with van der Waals surface area (Å²) in [6.07, 6.45) is 5.21. The predicted molar refractivity (Wildman–Crippen MR) is 132 cm³/mol. The van der Waals surface area contributed by atoms with Gasteiger partial charge in [0.05, 0.1) is 11.8 Å². The van der Waals surface area contributed by atoms with E-state index in [1.807, 2.05) is 27.6 Å². The van der Waals surface area contributed by atoms with Crippen molar-refractivity contribution in [3.63, 3.8) is 0 Å². The smallest absolute Gasteiger partial charge is 0.290 e. The Kier molecular flexibility index (Phi) is 25.8. The number of amides is 2. The van der Waals surface area contributed by atoms with Crippen molar-refractivity contribution in [3.8, 4) is 0 Å². The van der Waals surface area contributed by atoms with Gasteiger partial charge in [-0.25, -0.2) is 0 Å². The quantitative estimate of drug-likeness (QED) is 0.104. The van der Waals surface area contributed by atoms with Gasteiger partial charge in [-0.1, -0.05) is 23.1 Å². The summed E-state index contributed by atoms with van der Waals surface area (Å²) in [5.74, 6) is 1.49. The third-order valence-corrected chi connectivity index (χ3v) is 5.77. The van der Waals surface area contributed by atoms with E-state index in [0.717, 1.165) is 37.7 Å². The number of nitrogens with two attached hydrogens (primary N) is 1. The molecule has 0 aromatic heterocycles. The minimum Gasteiger partial charge on any atom is -0.693 e. The van der Waals surface area contributed by atoms with Gasteiger partial charge in [-0.3, -0.25) is 14.7 Å². The van der Waals surface area contributed by atoms with Gasteiger partial charge in [-0.15, -0.1) is 0 Å². The number of rotatable bonds is 18. The number of carbonyl (C=O) groups is 3. The standard InChI is InChI=1S/C19H39BN3O4PS.H2N.Y/c1-5-29-15-18(26)22-19(2,3)10-13-27-20(4)11-9-17(25)21-12-7-6-8-16(14-24)23-28;;/h14,16,23H,5-13,15,28H2,1-4H3,(H,21,25)(H,22,26);1H2;/q;-1;/t16-;;/m0../s1. The van der Waals surface area contributed by atoms with E-state index in [9.17, 15) is 14.4 Å². The molecular weight excluding hydrogens is 511 g/mol. The molecule has 179 valence electrons. The summed E-state index contributed by atoms with van der Waals surface area (Å²) in [4.78, 5) is 34.5. The van der Waals surface area contributed by atoms with Gasteiger partial charge in [0, 0.05) is 57.8 Å². The van der Waals surface area contributed by atoms with Crippen LogP contribution in [0, 0.1) is 0 Å². The number of carbonyl (C=O) groups excluding carboxylic acids is 3. The average Bonchev–Trinajstić information content (AvgIpc) is 2.67. The maximum atomic E-state index is 11.9. The SMILES string of the molecule is CCSCC(=O)NC(C)(C)CCOB(C)CCC(=O)NCCCC[C@@H](C=O)NP.[NH2-].[Y]. The molecule has 0 bridgehead atoms. The second-order valence-corrected chi connectivity index (χ2v) is 9.40. The van der Waals surface area contributed by atoms with E-state index in [1.54, 1.807) is 11.8 Å². The first-order chi connectivity index (χ1) is 13.7. The van der Waals surface area contributed by atoms with E-state index < -0.39 is 0 Å². The molecule has 0 saturated heterocycles. The summed E-state index contributed by atoms with van der Waals surface area (Å²) < 4.78 is 5.81. The first kappa shape index (κ1) is 36.0. The Labute approximate surface area is 220 Å². The first-order valence-corrected chi connectivity index (χ1v) is 12.2. The van der Waals surface area contributed by atoms with Crippen LogP contribution in [0.2, 0.25) is 13.1 Å². The molecule has 1 radical (unpaired) electrons. The Balaban J connectivity index is -0.00000392. The van der Waals surface area contributed by atoms with Gasteiger partial charge < -0.3 is 26.2 Å². The van der Waals surface area contributed by atoms with E-state index in [2.05, 4.69) is 25.1 Å². The van der Waals surface area contributed by atoms with Gasteiger partial charge in [0.2, 0.25) is 11.8 Å². The maximum Gasteiger partial charge on any atom is 0.290 e. The third-order valence-electron chi connectivity index (χ3n) is 4.46. The second kappa shape index (κ2) is 22.2. The fraction of sp³-hybridized carbons (Fsp3) is 0.842. The summed E-state index contributed by atoms with van der Waals surface area (Å²) in [7, 11) is 2.35. The molecule has 0 rings (SSSR count). The summed E-state index contributed by atoms with van der Waals surface area (Å²) >= 11 is 1.61. The maximum absolute atomic E-state index is 11.9. The largest absolute Gasteiger partial charge is 0.693 e. The second-order valence-electron chi connectivity index (χ2n) is 7.79. The van der Waals surface area contributed by atoms with E-state index in [0.29, 0.717) is 31.6 Å². The predicted octanol–water partition coefficient (Wildman–Crippen LogP) is 3.00. The molecule has 0 aromatic carbocycles. The van der Waals surface area contributed by atoms with E-state index in [-0.39, 0.29) is 69.2 Å². The van der Waals surface area contributed by atoms with Gasteiger partial charge in [0.15, 0.2) is 0 Å². The van der Waals surface area contributed by atoms with Crippen molar-refractivity contribution >= 4 is 46.2 Å². The van der Waals surface area contributed by atoms with Crippen molar-refractivity contribution in [3.05, 3.63) is 6.15 Å². The summed E-state index contributed by atoms with van der Waals surface area (Å²) in [5.41, 5.74) is -0.308. The van der Waals surface area contributed by atoms with Crippen molar-refractivity contribution in [2.24, 2.45) is 0 Å². The van der Waals surface area contributed by atoms with Crippen LogP contribution in [0.4, 0.5) is 0 Å². The van der Waals surface area contributed by atoms with Crippen molar-refractivity contribution in [2.45, 2.75) is 77.6 Å². The fourth-order valence-corrected chi connectivity index (χ4v) is 3.31. The number of hydrogen-bond acceptors (Lipinski definition) is 6. The van der Waals surface area contributed by atoms with Crippen LogP contribution in [0.25, 0.3) is 6.15 Å². The van der Waals surface area contributed by atoms with Gasteiger partial charge in [0.1, 0.15) is 6.29 Å². The molecule has 5 N–H and O–H groups in total. The zero-order valence-corrected chi connectivity index (χ0v) is 24.4. The molecule has 0 heterocycles. The minimum atomic E-state index is -0.308. The average molecular weight is 552 g/mol. The van der Waals surface area contributed by atoms with Crippen LogP contribution in [0.5, 0.6) is 0 Å². The van der Waals surface area contributed by atoms with Gasteiger partial charge in [0.25, 0.3) is 6.92 Å². The van der Waals surface area contributed by atoms with Crippen LogP contribution >= 0.6 is 21.2 Å². The zero-order valence-electron chi connectivity index (χ0n) is 19.6. The van der Waals surface area contributed by atoms with Gasteiger partial charge in [-0.2, -0.15) is 11.8 Å².